The van der Waals surface area contributed by atoms with Gasteiger partial charge in [0.15, 0.2) is 5.78 Å². The second kappa shape index (κ2) is 5.66. The van der Waals surface area contributed by atoms with Crippen molar-refractivity contribution >= 4 is 5.78 Å². The molecule has 4 nitrogen and oxygen atoms in total. The summed E-state index contributed by atoms with van der Waals surface area (Å²) in [5, 5.41) is 4.06. The van der Waals surface area contributed by atoms with E-state index in [1.54, 1.807) is 17.1 Å². The fraction of sp³-hybridized carbons (Fsp3) is 0.636. The van der Waals surface area contributed by atoms with Gasteiger partial charge in [-0.25, -0.2) is 0 Å². The summed E-state index contributed by atoms with van der Waals surface area (Å²) in [5.41, 5.74) is 6.48. The van der Waals surface area contributed by atoms with Gasteiger partial charge in [0.1, 0.15) is 0 Å². The third-order valence-electron chi connectivity index (χ3n) is 2.39. The van der Waals surface area contributed by atoms with Gasteiger partial charge < -0.3 is 5.73 Å². The molecule has 0 aliphatic rings. The fourth-order valence-corrected chi connectivity index (χ4v) is 1.51. The molecule has 1 aromatic heterocycles. The summed E-state index contributed by atoms with van der Waals surface area (Å²) in [5.74, 6) is 0.0932. The van der Waals surface area contributed by atoms with Crippen molar-refractivity contribution in [2.75, 3.05) is 0 Å². The van der Waals surface area contributed by atoms with Gasteiger partial charge in [0.05, 0.1) is 11.8 Å². The summed E-state index contributed by atoms with van der Waals surface area (Å²) in [6, 6.07) is -0.0209. The molecule has 0 fully saturated rings. The molecule has 0 saturated carbocycles. The van der Waals surface area contributed by atoms with E-state index in [0.29, 0.717) is 12.0 Å². The lowest BCUT2D eigenvalue weighted by molar-refractivity contribution is 0.0973. The number of hydrogen-bond donors (Lipinski definition) is 1. The van der Waals surface area contributed by atoms with Crippen molar-refractivity contribution in [2.24, 2.45) is 5.73 Å². The smallest absolute Gasteiger partial charge is 0.167 e. The van der Waals surface area contributed by atoms with Crippen molar-refractivity contribution in [3.05, 3.63) is 18.0 Å². The molecule has 1 rings (SSSR count). The minimum atomic E-state index is -0.0209. The van der Waals surface area contributed by atoms with E-state index < -0.39 is 0 Å². The molecule has 1 atom stereocenters. The number of aromatic nitrogens is 2. The normalized spacial score (nSPS) is 12.7. The number of ketones is 1. The molecule has 2 N–H and O–H groups in total. The Morgan fingerprint density at radius 3 is 2.87 bits per heavy atom. The zero-order valence-corrected chi connectivity index (χ0v) is 9.44. The zero-order valence-electron chi connectivity index (χ0n) is 9.44. The van der Waals surface area contributed by atoms with E-state index in [1.807, 2.05) is 6.92 Å². The first-order chi connectivity index (χ1) is 7.17. The average molecular weight is 209 g/mol. The Labute approximate surface area is 90.5 Å². The number of nitrogens with two attached hydrogens (primary N) is 1. The molecule has 1 heterocycles. The van der Waals surface area contributed by atoms with Crippen LogP contribution in [0.5, 0.6) is 0 Å². The molecule has 0 aliphatic carbocycles. The number of nitrogens with zero attached hydrogens (tertiary/aromatic N) is 2. The third kappa shape index (κ3) is 3.47. The first kappa shape index (κ1) is 11.9. The number of Topliss-reactive ketones (excluding diaryl/α,β-unsaturated/α-hetero) is 1. The van der Waals surface area contributed by atoms with Crippen molar-refractivity contribution in [3.63, 3.8) is 0 Å². The van der Waals surface area contributed by atoms with Crippen molar-refractivity contribution in [3.8, 4) is 0 Å². The first-order valence-electron chi connectivity index (χ1n) is 5.48. The Hall–Kier alpha value is -1.16. The topological polar surface area (TPSA) is 60.9 Å². The highest BCUT2D eigenvalue weighted by Crippen LogP contribution is 2.06. The Bertz CT molecular complexity index is 319. The third-order valence-corrected chi connectivity index (χ3v) is 2.39. The maximum Gasteiger partial charge on any atom is 0.167 e. The highest BCUT2D eigenvalue weighted by Gasteiger charge is 2.12. The van der Waals surface area contributed by atoms with Gasteiger partial charge in [-0.15, -0.1) is 0 Å². The van der Waals surface area contributed by atoms with E-state index in [9.17, 15) is 4.79 Å². The van der Waals surface area contributed by atoms with E-state index in [1.165, 1.54) is 0 Å². The van der Waals surface area contributed by atoms with E-state index in [-0.39, 0.29) is 11.8 Å². The van der Waals surface area contributed by atoms with Gasteiger partial charge in [0.2, 0.25) is 0 Å². The molecular formula is C11H19N3O. The first-order valence-corrected chi connectivity index (χ1v) is 5.48. The van der Waals surface area contributed by atoms with Gasteiger partial charge >= 0.3 is 0 Å². The summed E-state index contributed by atoms with van der Waals surface area (Å²) >= 11 is 0. The molecule has 1 aromatic rings. The predicted molar refractivity (Wildman–Crippen MR) is 59.7 cm³/mol. The van der Waals surface area contributed by atoms with Crippen LogP contribution in [0.3, 0.4) is 0 Å². The Kier molecular flexibility index (Phi) is 4.49. The minimum Gasteiger partial charge on any atom is -0.327 e. The maximum absolute atomic E-state index is 11.7. The van der Waals surface area contributed by atoms with Crippen LogP contribution in [0.2, 0.25) is 0 Å². The summed E-state index contributed by atoms with van der Waals surface area (Å²) in [7, 11) is 0. The lowest BCUT2D eigenvalue weighted by Crippen LogP contribution is -2.23. The largest absolute Gasteiger partial charge is 0.327 e. The number of carbonyl (C=O) groups excluding carboxylic acids is 1. The number of aryl methyl sites for hydroxylation is 1. The molecule has 0 aliphatic heterocycles. The van der Waals surface area contributed by atoms with E-state index >= 15 is 0 Å². The molecule has 15 heavy (non-hydrogen) atoms. The summed E-state index contributed by atoms with van der Waals surface area (Å²) in [6.45, 7) is 4.85. The SMILES string of the molecule is CCCC(N)CC(=O)c1cnn(CC)c1. The van der Waals surface area contributed by atoms with Crippen LogP contribution in [-0.2, 0) is 6.54 Å². The molecule has 1 unspecified atom stereocenters. The second-order valence-corrected chi connectivity index (χ2v) is 3.76. The minimum absolute atomic E-state index is 0.0209. The second-order valence-electron chi connectivity index (χ2n) is 3.76. The molecule has 4 heteroatoms. The Balaban J connectivity index is 2.53. The van der Waals surface area contributed by atoms with Crippen molar-refractivity contribution < 1.29 is 4.79 Å². The number of hydrogen-bond acceptors (Lipinski definition) is 3. The molecular weight excluding hydrogens is 190 g/mol. The van der Waals surface area contributed by atoms with Crippen LogP contribution in [0.25, 0.3) is 0 Å². The molecule has 0 amide bonds. The van der Waals surface area contributed by atoms with Crippen LogP contribution < -0.4 is 5.73 Å². The number of carbonyl (C=O) groups is 1. The van der Waals surface area contributed by atoms with Crippen molar-refractivity contribution in [2.45, 2.75) is 45.7 Å². The Morgan fingerprint density at radius 2 is 2.33 bits per heavy atom. The van der Waals surface area contributed by atoms with Crippen LogP contribution in [-0.4, -0.2) is 21.6 Å². The fourth-order valence-electron chi connectivity index (χ4n) is 1.51. The van der Waals surface area contributed by atoms with Crippen LogP contribution in [0.15, 0.2) is 12.4 Å². The summed E-state index contributed by atoms with van der Waals surface area (Å²) in [6.07, 6.45) is 5.73. The molecule has 0 bridgehead atoms. The van der Waals surface area contributed by atoms with Gasteiger partial charge in [-0.05, 0) is 13.3 Å². The zero-order chi connectivity index (χ0) is 11.3. The van der Waals surface area contributed by atoms with Crippen molar-refractivity contribution in [1.82, 2.24) is 9.78 Å². The standard InChI is InChI=1S/C11H19N3O/c1-3-5-10(12)6-11(15)9-7-13-14(4-2)8-9/h7-8,10H,3-6,12H2,1-2H3. The molecule has 0 aromatic carbocycles. The molecule has 0 spiro atoms. The van der Waals surface area contributed by atoms with Gasteiger partial charge in [0.25, 0.3) is 0 Å². The van der Waals surface area contributed by atoms with Crippen molar-refractivity contribution in [1.29, 1.82) is 0 Å². The van der Waals surface area contributed by atoms with Crippen LogP contribution >= 0.6 is 0 Å². The van der Waals surface area contributed by atoms with E-state index in [0.717, 1.165) is 19.4 Å². The predicted octanol–water partition coefficient (Wildman–Crippen LogP) is 1.60. The van der Waals surface area contributed by atoms with E-state index in [2.05, 4.69) is 12.0 Å². The van der Waals surface area contributed by atoms with Crippen LogP contribution in [0, 0.1) is 0 Å². The number of rotatable bonds is 6. The van der Waals surface area contributed by atoms with Gasteiger partial charge in [-0.2, -0.15) is 5.10 Å². The van der Waals surface area contributed by atoms with Gasteiger partial charge in [-0.3, -0.25) is 9.48 Å². The quantitative estimate of drug-likeness (QED) is 0.724. The van der Waals surface area contributed by atoms with Crippen LogP contribution in [0.1, 0.15) is 43.5 Å². The molecule has 0 radical (unpaired) electrons. The molecule has 0 saturated heterocycles. The molecule has 84 valence electrons. The van der Waals surface area contributed by atoms with Gasteiger partial charge in [-0.1, -0.05) is 13.3 Å². The average Bonchev–Trinajstić information content (AvgIpc) is 2.66. The summed E-state index contributed by atoms with van der Waals surface area (Å²) < 4.78 is 1.75. The highest BCUT2D eigenvalue weighted by molar-refractivity contribution is 5.95. The Morgan fingerprint density at radius 1 is 1.60 bits per heavy atom. The lowest BCUT2D eigenvalue weighted by Gasteiger charge is -2.07. The monoisotopic (exact) mass is 209 g/mol. The van der Waals surface area contributed by atoms with Gasteiger partial charge in [0, 0.05) is 25.2 Å². The lowest BCUT2D eigenvalue weighted by atomic mass is 10.0. The van der Waals surface area contributed by atoms with E-state index in [4.69, 9.17) is 5.73 Å². The summed E-state index contributed by atoms with van der Waals surface area (Å²) in [4.78, 5) is 11.7. The van der Waals surface area contributed by atoms with Crippen LogP contribution in [0.4, 0.5) is 0 Å². The maximum atomic E-state index is 11.7. The highest BCUT2D eigenvalue weighted by atomic mass is 16.1.